The van der Waals surface area contributed by atoms with E-state index < -0.39 is 0 Å². The number of nitrogens with one attached hydrogen (secondary N) is 1. The molecule has 1 saturated heterocycles. The van der Waals surface area contributed by atoms with Crippen molar-refractivity contribution in [1.29, 1.82) is 0 Å². The Bertz CT molecular complexity index is 175. The molecule has 1 heterocycles. The molecule has 96 valence electrons. The molecule has 0 aromatic heterocycles. The third-order valence-corrected chi connectivity index (χ3v) is 3.76. The Kier molecular flexibility index (Phi) is 7.01. The van der Waals surface area contributed by atoms with Crippen molar-refractivity contribution in [2.24, 2.45) is 5.92 Å². The minimum Gasteiger partial charge on any atom is -0.396 e. The molecule has 0 bridgehead atoms. The zero-order chi connectivity index (χ0) is 11.8. The second kappa shape index (κ2) is 8.04. The van der Waals surface area contributed by atoms with Crippen LogP contribution in [-0.2, 0) is 0 Å². The van der Waals surface area contributed by atoms with E-state index in [-0.39, 0.29) is 0 Å². The van der Waals surface area contributed by atoms with Crippen molar-refractivity contribution in [2.45, 2.75) is 45.1 Å². The van der Waals surface area contributed by atoms with E-state index in [1.54, 1.807) is 0 Å². The van der Waals surface area contributed by atoms with Gasteiger partial charge in [-0.3, -0.25) is 0 Å². The number of aliphatic hydroxyl groups excluding tert-OH is 1. The Balaban J connectivity index is 2.20. The number of likely N-dealkylation sites (tertiary alicyclic amines) is 1. The Morgan fingerprint density at radius 3 is 2.88 bits per heavy atom. The molecule has 0 saturated carbocycles. The van der Waals surface area contributed by atoms with Crippen molar-refractivity contribution < 1.29 is 5.11 Å². The van der Waals surface area contributed by atoms with Gasteiger partial charge in [0, 0.05) is 12.6 Å². The molecule has 1 aliphatic rings. The predicted octanol–water partition coefficient (Wildman–Crippen LogP) is 1.47. The van der Waals surface area contributed by atoms with Gasteiger partial charge in [0.15, 0.2) is 0 Å². The second-order valence-corrected chi connectivity index (χ2v) is 5.13. The van der Waals surface area contributed by atoms with E-state index >= 15 is 0 Å². The number of hydrogen-bond acceptors (Lipinski definition) is 3. The lowest BCUT2D eigenvalue weighted by Gasteiger charge is -2.21. The fourth-order valence-electron chi connectivity index (χ4n) is 2.41. The first kappa shape index (κ1) is 13.9. The summed E-state index contributed by atoms with van der Waals surface area (Å²) >= 11 is 0. The van der Waals surface area contributed by atoms with Crippen molar-refractivity contribution in [3.05, 3.63) is 0 Å². The maximum Gasteiger partial charge on any atom is 0.0434 e. The molecule has 2 unspecified atom stereocenters. The summed E-state index contributed by atoms with van der Waals surface area (Å²) in [6.07, 6.45) is 5.99. The quantitative estimate of drug-likeness (QED) is 0.722. The van der Waals surface area contributed by atoms with Gasteiger partial charge in [-0.15, -0.1) is 0 Å². The van der Waals surface area contributed by atoms with E-state index in [0.717, 1.165) is 13.0 Å². The van der Waals surface area contributed by atoms with Gasteiger partial charge in [-0.25, -0.2) is 0 Å². The topological polar surface area (TPSA) is 35.5 Å². The van der Waals surface area contributed by atoms with Gasteiger partial charge < -0.3 is 15.3 Å². The molecule has 0 aliphatic carbocycles. The molecule has 0 amide bonds. The minimum absolute atomic E-state index is 0.327. The molecule has 0 radical (unpaired) electrons. The van der Waals surface area contributed by atoms with Crippen LogP contribution in [0.3, 0.4) is 0 Å². The van der Waals surface area contributed by atoms with Crippen LogP contribution in [0.1, 0.15) is 39.0 Å². The summed E-state index contributed by atoms with van der Waals surface area (Å²) in [5.41, 5.74) is 0. The van der Waals surface area contributed by atoms with Crippen molar-refractivity contribution in [1.82, 2.24) is 10.2 Å². The van der Waals surface area contributed by atoms with Gasteiger partial charge in [-0.1, -0.05) is 13.3 Å². The van der Waals surface area contributed by atoms with E-state index in [4.69, 9.17) is 5.11 Å². The van der Waals surface area contributed by atoms with Gasteiger partial charge in [-0.2, -0.15) is 0 Å². The fraction of sp³-hybridized carbons (Fsp3) is 1.00. The lowest BCUT2D eigenvalue weighted by atomic mass is 10.0. The zero-order valence-corrected chi connectivity index (χ0v) is 10.9. The highest BCUT2D eigenvalue weighted by Gasteiger charge is 2.15. The van der Waals surface area contributed by atoms with Gasteiger partial charge in [0.05, 0.1) is 0 Å². The van der Waals surface area contributed by atoms with Crippen LogP contribution < -0.4 is 5.32 Å². The summed E-state index contributed by atoms with van der Waals surface area (Å²) in [5, 5.41) is 12.6. The third kappa shape index (κ3) is 5.28. The number of nitrogens with zero attached hydrogens (tertiary/aromatic N) is 1. The highest BCUT2D eigenvalue weighted by molar-refractivity contribution is 4.74. The molecule has 16 heavy (non-hydrogen) atoms. The molecule has 2 N–H and O–H groups in total. The lowest BCUT2D eigenvalue weighted by molar-refractivity contribution is 0.247. The molecule has 3 nitrogen and oxygen atoms in total. The Morgan fingerprint density at radius 1 is 1.38 bits per heavy atom. The van der Waals surface area contributed by atoms with Crippen LogP contribution in [0, 0.1) is 5.92 Å². The predicted molar refractivity (Wildman–Crippen MR) is 68.6 cm³/mol. The number of hydrogen-bond donors (Lipinski definition) is 2. The Morgan fingerprint density at radius 2 is 2.19 bits per heavy atom. The summed E-state index contributed by atoms with van der Waals surface area (Å²) in [5.74, 6) is 0.644. The fourth-order valence-corrected chi connectivity index (χ4v) is 2.41. The highest BCUT2D eigenvalue weighted by atomic mass is 16.3. The average Bonchev–Trinajstić information content (AvgIpc) is 2.49. The van der Waals surface area contributed by atoms with Crippen LogP contribution in [0.2, 0.25) is 0 Å². The van der Waals surface area contributed by atoms with Crippen LogP contribution >= 0.6 is 0 Å². The molecule has 2 atom stereocenters. The normalized spacial score (nSPS) is 25.3. The zero-order valence-electron chi connectivity index (χ0n) is 10.9. The third-order valence-electron chi connectivity index (χ3n) is 3.76. The molecule has 0 aromatic carbocycles. The van der Waals surface area contributed by atoms with Gasteiger partial charge in [-0.05, 0) is 58.3 Å². The first-order chi connectivity index (χ1) is 7.76. The SMILES string of the molecule is CCC(CCO)CNC1CCCN(C)CC1. The summed E-state index contributed by atoms with van der Waals surface area (Å²) in [7, 11) is 2.21. The molecule has 0 aromatic rings. The van der Waals surface area contributed by atoms with Crippen molar-refractivity contribution in [3.8, 4) is 0 Å². The van der Waals surface area contributed by atoms with Gasteiger partial charge in [0.25, 0.3) is 0 Å². The summed E-state index contributed by atoms with van der Waals surface area (Å²) in [4.78, 5) is 2.42. The highest BCUT2D eigenvalue weighted by Crippen LogP contribution is 2.12. The maximum absolute atomic E-state index is 8.95. The van der Waals surface area contributed by atoms with Crippen molar-refractivity contribution in [2.75, 3.05) is 33.3 Å². The van der Waals surface area contributed by atoms with Crippen LogP contribution in [0.15, 0.2) is 0 Å². The number of rotatable bonds is 6. The summed E-state index contributed by atoms with van der Waals surface area (Å²) < 4.78 is 0. The molecular formula is C13H28N2O. The monoisotopic (exact) mass is 228 g/mol. The molecule has 1 aliphatic heterocycles. The Labute approximate surface area is 100 Å². The summed E-state index contributed by atoms with van der Waals surface area (Å²) in [6, 6.07) is 0.692. The molecule has 1 fully saturated rings. The average molecular weight is 228 g/mol. The van der Waals surface area contributed by atoms with Gasteiger partial charge in [0.2, 0.25) is 0 Å². The van der Waals surface area contributed by atoms with E-state index in [1.165, 1.54) is 38.8 Å². The van der Waals surface area contributed by atoms with Gasteiger partial charge in [0.1, 0.15) is 0 Å². The first-order valence-electron chi connectivity index (χ1n) is 6.79. The lowest BCUT2D eigenvalue weighted by Crippen LogP contribution is -2.34. The van der Waals surface area contributed by atoms with Crippen LogP contribution in [-0.4, -0.2) is 49.3 Å². The number of aliphatic hydroxyl groups is 1. The van der Waals surface area contributed by atoms with Crippen LogP contribution in [0.4, 0.5) is 0 Å². The molecule has 1 rings (SSSR count). The minimum atomic E-state index is 0.327. The molecule has 0 spiro atoms. The molecule has 3 heteroatoms. The maximum atomic E-state index is 8.95. The van der Waals surface area contributed by atoms with Crippen molar-refractivity contribution >= 4 is 0 Å². The largest absolute Gasteiger partial charge is 0.396 e. The van der Waals surface area contributed by atoms with Gasteiger partial charge >= 0.3 is 0 Å². The first-order valence-corrected chi connectivity index (χ1v) is 6.79. The standard InChI is InChI=1S/C13H28N2O/c1-3-12(7-10-16)11-14-13-5-4-8-15(2)9-6-13/h12-14,16H,3-11H2,1-2H3. The van der Waals surface area contributed by atoms with Crippen molar-refractivity contribution in [3.63, 3.8) is 0 Å². The van der Waals surface area contributed by atoms with E-state index in [1.807, 2.05) is 0 Å². The van der Waals surface area contributed by atoms with Crippen LogP contribution in [0.5, 0.6) is 0 Å². The van der Waals surface area contributed by atoms with E-state index in [2.05, 4.69) is 24.2 Å². The van der Waals surface area contributed by atoms with E-state index in [9.17, 15) is 0 Å². The second-order valence-electron chi connectivity index (χ2n) is 5.13. The smallest absolute Gasteiger partial charge is 0.0434 e. The van der Waals surface area contributed by atoms with Crippen LogP contribution in [0.25, 0.3) is 0 Å². The Hall–Kier alpha value is -0.120. The molecular weight excluding hydrogens is 200 g/mol. The van der Waals surface area contributed by atoms with E-state index in [0.29, 0.717) is 18.6 Å². The summed E-state index contributed by atoms with van der Waals surface area (Å²) in [6.45, 7) is 6.07.